The first-order valence-corrected chi connectivity index (χ1v) is 6.55. The van der Waals surface area contributed by atoms with Crippen molar-refractivity contribution in [2.24, 2.45) is 0 Å². The molecule has 1 unspecified atom stereocenters. The average molecular weight is 279 g/mol. The molecule has 2 rings (SSSR count). The highest BCUT2D eigenvalue weighted by molar-refractivity contribution is 5.70. The molecule has 0 bridgehead atoms. The summed E-state index contributed by atoms with van der Waals surface area (Å²) in [4.78, 5) is 3.91. The van der Waals surface area contributed by atoms with Crippen molar-refractivity contribution >= 4 is 0 Å². The molecular formula is C15H18FNO3. The summed E-state index contributed by atoms with van der Waals surface area (Å²) in [6, 6.07) is 5.53. The Balaban J connectivity index is 2.54. The predicted octanol–water partition coefficient (Wildman–Crippen LogP) is 4.32. The summed E-state index contributed by atoms with van der Waals surface area (Å²) in [7, 11) is 0. The van der Waals surface area contributed by atoms with Gasteiger partial charge in [0.05, 0.1) is 12.3 Å². The van der Waals surface area contributed by atoms with E-state index in [1.54, 1.807) is 13.0 Å². The normalized spacial score (nSPS) is 12.4. The molecule has 0 radical (unpaired) electrons. The van der Waals surface area contributed by atoms with Gasteiger partial charge in [-0.25, -0.2) is 0 Å². The van der Waals surface area contributed by atoms with Gasteiger partial charge in [-0.1, -0.05) is 5.16 Å². The van der Waals surface area contributed by atoms with E-state index in [0.29, 0.717) is 17.9 Å². The van der Waals surface area contributed by atoms with Gasteiger partial charge in [0.25, 0.3) is 0 Å². The van der Waals surface area contributed by atoms with Gasteiger partial charge in [0.1, 0.15) is 17.6 Å². The summed E-state index contributed by atoms with van der Waals surface area (Å²) in [6.45, 7) is 7.79. The van der Waals surface area contributed by atoms with E-state index in [4.69, 9.17) is 9.26 Å². The maximum Gasteiger partial charge on any atom is 0.141 e. The molecule has 0 fully saturated rings. The molecule has 20 heavy (non-hydrogen) atoms. The molecule has 0 saturated heterocycles. The van der Waals surface area contributed by atoms with Gasteiger partial charge in [0.15, 0.2) is 0 Å². The zero-order chi connectivity index (χ0) is 14.7. The number of aryl methyl sites for hydroxylation is 2. The van der Waals surface area contributed by atoms with Crippen LogP contribution in [0.5, 0.6) is 5.75 Å². The predicted molar refractivity (Wildman–Crippen MR) is 73.2 cm³/mol. The van der Waals surface area contributed by atoms with E-state index < -0.39 is 6.10 Å². The van der Waals surface area contributed by atoms with E-state index >= 15 is 0 Å². The van der Waals surface area contributed by atoms with Crippen LogP contribution in [0.4, 0.5) is 4.53 Å². The third-order valence-corrected chi connectivity index (χ3v) is 3.16. The molecule has 0 aliphatic heterocycles. The van der Waals surface area contributed by atoms with Gasteiger partial charge in [-0.3, -0.25) is 0 Å². The van der Waals surface area contributed by atoms with Crippen LogP contribution in [0.1, 0.15) is 37.0 Å². The van der Waals surface area contributed by atoms with Gasteiger partial charge < -0.3 is 9.26 Å². The highest BCUT2D eigenvalue weighted by Gasteiger charge is 2.16. The first-order chi connectivity index (χ1) is 9.56. The lowest BCUT2D eigenvalue weighted by atomic mass is 9.99. The van der Waals surface area contributed by atoms with Gasteiger partial charge in [0, 0.05) is 5.56 Å². The van der Waals surface area contributed by atoms with Crippen LogP contribution in [-0.4, -0.2) is 11.8 Å². The Kier molecular flexibility index (Phi) is 4.39. The second kappa shape index (κ2) is 6.05. The monoisotopic (exact) mass is 279 g/mol. The molecule has 0 aliphatic rings. The fourth-order valence-corrected chi connectivity index (χ4v) is 2.20. The molecule has 4 nitrogen and oxygen atoms in total. The van der Waals surface area contributed by atoms with Crippen LogP contribution in [0.25, 0.3) is 11.1 Å². The van der Waals surface area contributed by atoms with Crippen molar-refractivity contribution in [1.82, 2.24) is 5.16 Å². The summed E-state index contributed by atoms with van der Waals surface area (Å²) in [5, 5.41) is 3.94. The molecule has 1 heterocycles. The Morgan fingerprint density at radius 1 is 1.30 bits per heavy atom. The zero-order valence-electron chi connectivity index (χ0n) is 12.1. The number of benzene rings is 1. The topological polar surface area (TPSA) is 44.5 Å². The van der Waals surface area contributed by atoms with Crippen LogP contribution in [0, 0.1) is 13.8 Å². The third-order valence-electron chi connectivity index (χ3n) is 3.16. The third kappa shape index (κ3) is 2.82. The van der Waals surface area contributed by atoms with Crippen LogP contribution in [0.3, 0.4) is 0 Å². The van der Waals surface area contributed by atoms with E-state index in [1.807, 2.05) is 32.9 Å². The van der Waals surface area contributed by atoms with E-state index in [1.165, 1.54) is 0 Å². The number of nitrogens with zero attached hydrogens (tertiary/aromatic N) is 1. The Hall–Kier alpha value is -1.88. The quantitative estimate of drug-likeness (QED) is 0.817. The summed E-state index contributed by atoms with van der Waals surface area (Å²) in [6.07, 6.45) is -0.658. The van der Waals surface area contributed by atoms with Gasteiger partial charge in [-0.2, -0.15) is 4.94 Å². The van der Waals surface area contributed by atoms with Crippen LogP contribution in [0.15, 0.2) is 22.7 Å². The molecule has 1 aromatic carbocycles. The maximum atomic E-state index is 12.5. The van der Waals surface area contributed by atoms with E-state index in [2.05, 4.69) is 10.1 Å². The summed E-state index contributed by atoms with van der Waals surface area (Å²) >= 11 is 0. The van der Waals surface area contributed by atoms with Crippen molar-refractivity contribution in [2.75, 3.05) is 6.61 Å². The van der Waals surface area contributed by atoms with Gasteiger partial charge in [-0.05, 0) is 61.5 Å². The van der Waals surface area contributed by atoms with Crippen LogP contribution >= 0.6 is 0 Å². The van der Waals surface area contributed by atoms with Crippen molar-refractivity contribution in [3.63, 3.8) is 0 Å². The molecule has 1 atom stereocenters. The minimum absolute atomic E-state index is 0.537. The van der Waals surface area contributed by atoms with Crippen molar-refractivity contribution in [1.29, 1.82) is 0 Å². The van der Waals surface area contributed by atoms with Crippen LogP contribution in [-0.2, 0) is 4.94 Å². The lowest BCUT2D eigenvalue weighted by Crippen LogP contribution is -1.98. The minimum atomic E-state index is -0.658. The maximum absolute atomic E-state index is 12.5. The van der Waals surface area contributed by atoms with Crippen LogP contribution < -0.4 is 4.74 Å². The molecule has 5 heteroatoms. The molecule has 0 amide bonds. The number of hydrogen-bond donors (Lipinski definition) is 0. The Morgan fingerprint density at radius 3 is 2.60 bits per heavy atom. The standard InChI is InChI=1S/C15H18FNO3/c1-5-18-14-7-12(10(3)19-16)6-13(8-14)15-9(2)17-20-11(15)4/h6-8,10H,5H2,1-4H3. The first-order valence-electron chi connectivity index (χ1n) is 6.55. The van der Waals surface area contributed by atoms with E-state index in [9.17, 15) is 4.53 Å². The number of halogens is 1. The van der Waals surface area contributed by atoms with E-state index in [-0.39, 0.29) is 0 Å². The zero-order valence-corrected chi connectivity index (χ0v) is 12.1. The molecule has 2 aromatic rings. The fourth-order valence-electron chi connectivity index (χ4n) is 2.20. The summed E-state index contributed by atoms with van der Waals surface area (Å²) in [5.41, 5.74) is 3.27. The Bertz CT molecular complexity index is 575. The number of ether oxygens (including phenoxy) is 1. The molecule has 1 aromatic heterocycles. The Morgan fingerprint density at radius 2 is 2.05 bits per heavy atom. The van der Waals surface area contributed by atoms with Gasteiger partial charge >= 0.3 is 0 Å². The van der Waals surface area contributed by atoms with E-state index in [0.717, 1.165) is 22.6 Å². The first kappa shape index (κ1) is 14.5. The van der Waals surface area contributed by atoms with Crippen molar-refractivity contribution in [2.45, 2.75) is 33.8 Å². The van der Waals surface area contributed by atoms with Gasteiger partial charge in [0.2, 0.25) is 0 Å². The summed E-state index contributed by atoms with van der Waals surface area (Å²) < 4.78 is 23.2. The Labute approximate surface area is 117 Å². The SMILES string of the molecule is CCOc1cc(-c2c(C)noc2C)cc(C(C)OF)c1. The van der Waals surface area contributed by atoms with Crippen molar-refractivity contribution in [3.05, 3.63) is 35.2 Å². The molecular weight excluding hydrogens is 261 g/mol. The largest absolute Gasteiger partial charge is 0.494 e. The fraction of sp³-hybridized carbons (Fsp3) is 0.400. The summed E-state index contributed by atoms with van der Waals surface area (Å²) in [5.74, 6) is 1.39. The second-order valence-electron chi connectivity index (χ2n) is 4.65. The van der Waals surface area contributed by atoms with Crippen molar-refractivity contribution < 1.29 is 18.7 Å². The van der Waals surface area contributed by atoms with Crippen molar-refractivity contribution in [3.8, 4) is 16.9 Å². The number of rotatable bonds is 5. The molecule has 0 saturated carbocycles. The van der Waals surface area contributed by atoms with Gasteiger partial charge in [-0.15, -0.1) is 0 Å². The molecule has 108 valence electrons. The second-order valence-corrected chi connectivity index (χ2v) is 4.65. The molecule has 0 aliphatic carbocycles. The molecule has 0 spiro atoms. The lowest BCUT2D eigenvalue weighted by molar-refractivity contribution is -0.175. The highest BCUT2D eigenvalue weighted by atomic mass is 19.3. The minimum Gasteiger partial charge on any atom is -0.494 e. The smallest absolute Gasteiger partial charge is 0.141 e. The lowest BCUT2D eigenvalue weighted by Gasteiger charge is -2.12. The number of hydrogen-bond acceptors (Lipinski definition) is 4. The molecule has 0 N–H and O–H groups in total. The average Bonchev–Trinajstić information content (AvgIpc) is 2.77. The van der Waals surface area contributed by atoms with Crippen LogP contribution in [0.2, 0.25) is 0 Å². The number of aromatic nitrogens is 1. The highest BCUT2D eigenvalue weighted by Crippen LogP contribution is 2.33.